The third kappa shape index (κ3) is 34.8. The molecule has 16 rings (SSSR count). The van der Waals surface area contributed by atoms with E-state index in [2.05, 4.69) is 479 Å². The first-order valence-corrected chi connectivity index (χ1v) is 53.0. The van der Waals surface area contributed by atoms with Gasteiger partial charge in [0, 0.05) is 147 Å². The second kappa shape index (κ2) is 55.5. The molecule has 16 heteroatoms. The summed E-state index contributed by atoms with van der Waals surface area (Å²) >= 11 is 0. The summed E-state index contributed by atoms with van der Waals surface area (Å²) < 4.78 is 24.2. The average Bonchev–Trinajstić information content (AvgIpc) is 1.71. The quantitative estimate of drug-likeness (QED) is 0.0191. The number of ether oxygens (including phenoxy) is 4. The average molecular weight is 1860 g/mol. The van der Waals surface area contributed by atoms with Crippen LogP contribution in [0.4, 0.5) is 0 Å². The van der Waals surface area contributed by atoms with Gasteiger partial charge in [0.2, 0.25) is 0 Å². The molecular formula is C120H188N12O4. The Morgan fingerprint density at radius 1 is 0.154 bits per heavy atom. The van der Waals surface area contributed by atoms with Crippen LogP contribution in [0.2, 0.25) is 0 Å². The van der Waals surface area contributed by atoms with Crippen LogP contribution in [-0.4, -0.2) is 146 Å². The molecular weight excluding hydrogens is 1670 g/mol. The van der Waals surface area contributed by atoms with Crippen molar-refractivity contribution in [1.29, 1.82) is 0 Å². The summed E-state index contributed by atoms with van der Waals surface area (Å²) in [5.41, 5.74) is 23.2. The van der Waals surface area contributed by atoms with E-state index in [0.717, 1.165) is 51.4 Å². The molecule has 0 radical (unpaired) electrons. The first-order chi connectivity index (χ1) is 64.6. The van der Waals surface area contributed by atoms with Crippen LogP contribution >= 0.6 is 0 Å². The Morgan fingerprint density at radius 3 is 0.404 bits per heavy atom. The van der Waals surface area contributed by atoms with E-state index in [0.29, 0.717) is 145 Å². The Bertz CT molecular complexity index is 3860. The number of fused-ring (bicyclic) bond motifs is 8. The minimum absolute atomic E-state index is 0.273. The summed E-state index contributed by atoms with van der Waals surface area (Å²) in [6.07, 6.45) is 10.9. The zero-order chi connectivity index (χ0) is 99.3. The Hall–Kier alpha value is -6.88. The molecule has 0 unspecified atom stereocenters. The molecule has 752 valence electrons. The van der Waals surface area contributed by atoms with Gasteiger partial charge < -0.3 is 82.7 Å². The van der Waals surface area contributed by atoms with Gasteiger partial charge in [0.1, 0.15) is 0 Å². The lowest BCUT2D eigenvalue weighted by Gasteiger charge is -2.26. The number of nitrogens with one attached hydrogen (secondary N) is 12. The van der Waals surface area contributed by atoms with Gasteiger partial charge in [-0.05, 0) is 170 Å². The highest BCUT2D eigenvalue weighted by Gasteiger charge is 2.41. The number of hydrogen-bond donors (Lipinski definition) is 12. The van der Waals surface area contributed by atoms with Crippen molar-refractivity contribution < 1.29 is 18.9 Å². The van der Waals surface area contributed by atoms with Gasteiger partial charge in [0.05, 0.1) is 73.0 Å². The maximum absolute atomic E-state index is 6.04. The lowest BCUT2D eigenvalue weighted by Crippen LogP contribution is -2.44. The van der Waals surface area contributed by atoms with Crippen LogP contribution in [0.3, 0.4) is 0 Å². The number of benzene rings is 8. The topological polar surface area (TPSA) is 181 Å². The molecule has 136 heavy (non-hydrogen) atoms. The number of hydrogen-bond acceptors (Lipinski definition) is 16. The van der Waals surface area contributed by atoms with Crippen molar-refractivity contribution in [3.8, 4) is 0 Å². The molecule has 8 aliphatic carbocycles. The van der Waals surface area contributed by atoms with Crippen LogP contribution in [0.15, 0.2) is 194 Å². The molecule has 0 saturated heterocycles. The molecule has 0 saturated carbocycles. The van der Waals surface area contributed by atoms with E-state index in [1.165, 1.54) is 89.0 Å². The molecule has 0 fully saturated rings. The van der Waals surface area contributed by atoms with Gasteiger partial charge in [-0.25, -0.2) is 0 Å². The fourth-order valence-electron chi connectivity index (χ4n) is 21.3. The Kier molecular flexibility index (Phi) is 46.0. The standard InChI is InChI=1S/4C15H24N2.4C15H23NO/c4*1-10(2)16-14-9-12-7-5-6-8-13(12)15(14)17-11(3)4;4*1-10(2)16-15-13-8-6-5-7-12(13)9-14(15)17-11(3)4/h4*5-8,10-11,14-17H,9H2,1-4H3;4*5-8,10-11,14-16H,9H2,1-4H3/t2*14-,15+;2*14-,15-;2*14-,15+;2*14-,15-/m10111011/s1. The highest BCUT2D eigenvalue weighted by molar-refractivity contribution is 5.44. The summed E-state index contributed by atoms with van der Waals surface area (Å²) in [4.78, 5) is 0. The van der Waals surface area contributed by atoms with Gasteiger partial charge in [-0.15, -0.1) is 0 Å². The molecule has 0 aromatic heterocycles. The van der Waals surface area contributed by atoms with Gasteiger partial charge in [0.25, 0.3) is 0 Å². The van der Waals surface area contributed by atoms with Crippen molar-refractivity contribution in [1.82, 2.24) is 63.8 Å². The summed E-state index contributed by atoms with van der Waals surface area (Å²) in [6, 6.07) is 81.3. The van der Waals surface area contributed by atoms with Crippen LogP contribution in [0.1, 0.15) is 359 Å². The van der Waals surface area contributed by atoms with E-state index in [4.69, 9.17) is 18.9 Å². The second-order valence-corrected chi connectivity index (χ2v) is 44.2. The van der Waals surface area contributed by atoms with E-state index >= 15 is 0 Å². The summed E-state index contributed by atoms with van der Waals surface area (Å²) in [7, 11) is 0. The van der Waals surface area contributed by atoms with Crippen LogP contribution in [0, 0.1) is 0 Å². The van der Waals surface area contributed by atoms with E-state index in [9.17, 15) is 0 Å². The highest BCUT2D eigenvalue weighted by atomic mass is 16.5. The SMILES string of the molecule is CC(C)N[C@@H]1Cc2ccccc2[C@@H]1NC(C)C.CC(C)N[C@@H]1c2ccccc2C[C@@H]1OC(C)C.CC(C)N[C@@H]1c2ccccc2C[C@H]1NC(C)C.CC(C)N[C@@H]1c2ccccc2C[C@H]1NC(C)C.CC(C)N[C@@H]1c2ccccc2C[C@H]1OC(C)C.CC(C)N[C@@H]1c2ccccc2C[C@H]1OC(C)C.CC(C)N[C@H]1Cc2ccccc2[C@H]1NC(C)C.CC(C)N[C@H]1c2ccccc2C[C@H]1OC(C)C. The van der Waals surface area contributed by atoms with Gasteiger partial charge in [0.15, 0.2) is 0 Å². The van der Waals surface area contributed by atoms with E-state index in [1.807, 2.05) is 0 Å². The predicted molar refractivity (Wildman–Crippen MR) is 578 cm³/mol. The molecule has 16 atom stereocenters. The maximum atomic E-state index is 6.04. The fourth-order valence-corrected chi connectivity index (χ4v) is 21.3. The third-order valence-electron chi connectivity index (χ3n) is 25.7. The van der Waals surface area contributed by atoms with Crippen LogP contribution in [0.5, 0.6) is 0 Å². The maximum Gasteiger partial charge on any atom is 0.0813 e. The predicted octanol–water partition coefficient (Wildman–Crippen LogP) is 22.9. The minimum Gasteiger partial charge on any atom is -0.373 e. The Balaban J connectivity index is 0.000000174. The molecule has 8 aromatic carbocycles. The highest BCUT2D eigenvalue weighted by Crippen LogP contribution is 2.41. The second-order valence-electron chi connectivity index (χ2n) is 44.2. The van der Waals surface area contributed by atoms with Crippen LogP contribution < -0.4 is 63.8 Å². The van der Waals surface area contributed by atoms with E-state index < -0.39 is 0 Å². The van der Waals surface area contributed by atoms with Crippen molar-refractivity contribution in [2.24, 2.45) is 0 Å². The lowest BCUT2D eigenvalue weighted by atomic mass is 10.1. The summed E-state index contributed by atoms with van der Waals surface area (Å²) in [5, 5.41) is 44.0. The number of rotatable bonds is 32. The molecule has 0 amide bonds. The van der Waals surface area contributed by atoms with Crippen molar-refractivity contribution in [3.63, 3.8) is 0 Å². The molecule has 0 heterocycles. The molecule has 0 spiro atoms. The molecule has 12 N–H and O–H groups in total. The molecule has 0 aliphatic heterocycles. The van der Waals surface area contributed by atoms with E-state index in [1.54, 1.807) is 0 Å². The van der Waals surface area contributed by atoms with Crippen molar-refractivity contribution in [2.45, 2.75) is 467 Å². The van der Waals surface area contributed by atoms with Crippen molar-refractivity contribution >= 4 is 0 Å². The van der Waals surface area contributed by atoms with Gasteiger partial charge >= 0.3 is 0 Å². The normalized spacial score (nSPS) is 23.4. The molecule has 0 bridgehead atoms. The lowest BCUT2D eigenvalue weighted by molar-refractivity contribution is -0.00853. The Morgan fingerprint density at radius 2 is 0.272 bits per heavy atom. The zero-order valence-corrected chi connectivity index (χ0v) is 90.2. The minimum atomic E-state index is 0.273. The fraction of sp³-hybridized carbons (Fsp3) is 0.600. The van der Waals surface area contributed by atoms with Crippen molar-refractivity contribution in [2.75, 3.05) is 0 Å². The smallest absolute Gasteiger partial charge is 0.0813 e. The van der Waals surface area contributed by atoms with Gasteiger partial charge in [-0.3, -0.25) is 0 Å². The van der Waals surface area contributed by atoms with Gasteiger partial charge in [-0.1, -0.05) is 360 Å². The Labute approximate surface area is 827 Å². The van der Waals surface area contributed by atoms with Gasteiger partial charge in [-0.2, -0.15) is 0 Å². The van der Waals surface area contributed by atoms with Crippen LogP contribution in [-0.2, 0) is 70.3 Å². The first kappa shape index (κ1) is 113. The summed E-state index contributed by atoms with van der Waals surface area (Å²) in [5.74, 6) is 0. The first-order valence-electron chi connectivity index (χ1n) is 53.0. The van der Waals surface area contributed by atoms with Crippen molar-refractivity contribution in [3.05, 3.63) is 283 Å². The largest absolute Gasteiger partial charge is 0.373 e. The molecule has 8 aliphatic rings. The third-order valence-corrected chi connectivity index (χ3v) is 25.7. The molecule has 8 aromatic rings. The monoisotopic (exact) mass is 1860 g/mol. The van der Waals surface area contributed by atoms with E-state index in [-0.39, 0.29) is 48.8 Å². The molecule has 16 nitrogen and oxygen atoms in total. The zero-order valence-electron chi connectivity index (χ0n) is 90.2. The van der Waals surface area contributed by atoms with Crippen LogP contribution in [0.25, 0.3) is 0 Å². The summed E-state index contributed by atoms with van der Waals surface area (Å²) in [6.45, 7) is 69.8.